The number of rotatable bonds is 6. The molecule has 1 N–H and O–H groups in total. The Morgan fingerprint density at radius 1 is 1.24 bits per heavy atom. The highest BCUT2D eigenvalue weighted by Crippen LogP contribution is 2.29. The van der Waals surface area contributed by atoms with E-state index in [4.69, 9.17) is 4.98 Å². The summed E-state index contributed by atoms with van der Waals surface area (Å²) in [6.07, 6.45) is 3.55. The third kappa shape index (κ3) is 4.40. The van der Waals surface area contributed by atoms with E-state index in [1.165, 1.54) is 28.4 Å². The summed E-state index contributed by atoms with van der Waals surface area (Å²) in [5.74, 6) is 0. The van der Waals surface area contributed by atoms with E-state index in [2.05, 4.69) is 39.9 Å². The molecular weight excluding hydrogens is 228 g/mol. The van der Waals surface area contributed by atoms with E-state index in [0.29, 0.717) is 0 Å². The number of nitrogens with zero attached hydrogens (tertiary/aromatic N) is 1. The molecule has 1 aromatic heterocycles. The Bertz CT molecular complexity index is 336. The summed E-state index contributed by atoms with van der Waals surface area (Å²) in [5, 5.41) is 4.79. The van der Waals surface area contributed by atoms with Crippen LogP contribution in [0.15, 0.2) is 0 Å². The summed E-state index contributed by atoms with van der Waals surface area (Å²) in [4.78, 5) is 6.20. The fourth-order valence-electron chi connectivity index (χ4n) is 1.76. The molecule has 0 fully saturated rings. The Hall–Kier alpha value is -0.410. The monoisotopic (exact) mass is 254 g/mol. The zero-order valence-corrected chi connectivity index (χ0v) is 12.7. The number of aryl methyl sites for hydroxylation is 1. The molecule has 17 heavy (non-hydrogen) atoms. The zero-order chi connectivity index (χ0) is 12.9. The van der Waals surface area contributed by atoms with Crippen molar-refractivity contribution in [2.75, 3.05) is 6.54 Å². The second-order valence-corrected chi connectivity index (χ2v) is 6.68. The number of nitrogens with one attached hydrogen (secondary N) is 1. The van der Waals surface area contributed by atoms with Gasteiger partial charge in [0.15, 0.2) is 0 Å². The SMILES string of the molecule is CCCCNCc1sc(CC)nc1C(C)(C)C. The fraction of sp³-hybridized carbons (Fsp3) is 0.786. The highest BCUT2D eigenvalue weighted by Gasteiger charge is 2.22. The molecule has 98 valence electrons. The Kier molecular flexibility index (Phi) is 5.60. The maximum atomic E-state index is 4.78. The first-order chi connectivity index (χ1) is 7.99. The van der Waals surface area contributed by atoms with Crippen LogP contribution < -0.4 is 5.32 Å². The Balaban J connectivity index is 2.72. The quantitative estimate of drug-likeness (QED) is 0.779. The predicted octanol–water partition coefficient (Wildman–Crippen LogP) is 3.89. The predicted molar refractivity (Wildman–Crippen MR) is 76.8 cm³/mol. The summed E-state index contributed by atoms with van der Waals surface area (Å²) < 4.78 is 0. The van der Waals surface area contributed by atoms with Crippen LogP contribution in [-0.2, 0) is 18.4 Å². The topological polar surface area (TPSA) is 24.9 Å². The van der Waals surface area contributed by atoms with Crippen molar-refractivity contribution in [2.24, 2.45) is 0 Å². The molecule has 0 spiro atoms. The van der Waals surface area contributed by atoms with E-state index in [0.717, 1.165) is 19.5 Å². The van der Waals surface area contributed by atoms with E-state index in [-0.39, 0.29) is 5.41 Å². The summed E-state index contributed by atoms with van der Waals surface area (Å²) in [6, 6.07) is 0. The zero-order valence-electron chi connectivity index (χ0n) is 11.9. The Morgan fingerprint density at radius 3 is 2.47 bits per heavy atom. The molecule has 0 bridgehead atoms. The molecule has 3 heteroatoms. The van der Waals surface area contributed by atoms with Crippen LogP contribution in [-0.4, -0.2) is 11.5 Å². The van der Waals surface area contributed by atoms with Gasteiger partial charge in [-0.05, 0) is 19.4 Å². The maximum Gasteiger partial charge on any atom is 0.0929 e. The van der Waals surface area contributed by atoms with Gasteiger partial charge in [-0.25, -0.2) is 4.98 Å². The van der Waals surface area contributed by atoms with Crippen LogP contribution >= 0.6 is 11.3 Å². The molecule has 1 heterocycles. The maximum absolute atomic E-state index is 4.78. The molecule has 0 aliphatic heterocycles. The van der Waals surface area contributed by atoms with Crippen LogP contribution in [0, 0.1) is 0 Å². The van der Waals surface area contributed by atoms with Crippen LogP contribution in [0.5, 0.6) is 0 Å². The lowest BCUT2D eigenvalue weighted by Crippen LogP contribution is -2.19. The largest absolute Gasteiger partial charge is 0.312 e. The number of hydrogen-bond donors (Lipinski definition) is 1. The van der Waals surface area contributed by atoms with Crippen molar-refractivity contribution in [3.63, 3.8) is 0 Å². The second kappa shape index (κ2) is 6.50. The van der Waals surface area contributed by atoms with E-state index in [9.17, 15) is 0 Å². The normalized spacial score (nSPS) is 12.1. The third-order valence-corrected chi connectivity index (χ3v) is 3.95. The molecule has 0 radical (unpaired) electrons. The van der Waals surface area contributed by atoms with Crippen molar-refractivity contribution in [1.82, 2.24) is 10.3 Å². The Morgan fingerprint density at radius 2 is 1.94 bits per heavy atom. The van der Waals surface area contributed by atoms with Gasteiger partial charge in [-0.15, -0.1) is 11.3 Å². The molecule has 1 aromatic rings. The van der Waals surface area contributed by atoms with Crippen LogP contribution in [0.25, 0.3) is 0 Å². The summed E-state index contributed by atoms with van der Waals surface area (Å²) in [7, 11) is 0. The van der Waals surface area contributed by atoms with Crippen LogP contribution in [0.1, 0.15) is 63.0 Å². The van der Waals surface area contributed by atoms with Crippen molar-refractivity contribution in [2.45, 2.75) is 65.8 Å². The molecule has 2 nitrogen and oxygen atoms in total. The standard InChI is InChI=1S/C14H26N2S/c1-6-8-9-15-10-11-13(14(3,4)5)16-12(7-2)17-11/h15H,6-10H2,1-5H3. The van der Waals surface area contributed by atoms with Gasteiger partial charge in [0.25, 0.3) is 0 Å². The molecule has 0 aliphatic rings. The first-order valence-corrected chi connectivity index (χ1v) is 7.50. The van der Waals surface area contributed by atoms with E-state index >= 15 is 0 Å². The lowest BCUT2D eigenvalue weighted by atomic mass is 9.91. The van der Waals surface area contributed by atoms with Gasteiger partial charge in [0.1, 0.15) is 0 Å². The molecule has 1 rings (SSSR count). The molecular formula is C14H26N2S. The van der Waals surface area contributed by atoms with E-state index < -0.39 is 0 Å². The summed E-state index contributed by atoms with van der Waals surface area (Å²) in [5.41, 5.74) is 1.44. The third-order valence-electron chi connectivity index (χ3n) is 2.75. The second-order valence-electron chi connectivity index (χ2n) is 5.51. The van der Waals surface area contributed by atoms with Crippen molar-refractivity contribution >= 4 is 11.3 Å². The van der Waals surface area contributed by atoms with Gasteiger partial charge >= 0.3 is 0 Å². The van der Waals surface area contributed by atoms with E-state index in [1.807, 2.05) is 11.3 Å². The van der Waals surface area contributed by atoms with Gasteiger partial charge in [0.2, 0.25) is 0 Å². The molecule has 0 aromatic carbocycles. The van der Waals surface area contributed by atoms with Gasteiger partial charge in [-0.1, -0.05) is 41.0 Å². The minimum atomic E-state index is 0.158. The number of thiazole rings is 1. The molecule has 0 saturated carbocycles. The highest BCUT2D eigenvalue weighted by molar-refractivity contribution is 7.11. The molecule has 0 atom stereocenters. The highest BCUT2D eigenvalue weighted by atomic mass is 32.1. The lowest BCUT2D eigenvalue weighted by Gasteiger charge is -2.17. The van der Waals surface area contributed by atoms with Crippen LogP contribution in [0.2, 0.25) is 0 Å². The average Bonchev–Trinajstić information content (AvgIpc) is 2.67. The van der Waals surface area contributed by atoms with Crippen LogP contribution in [0.3, 0.4) is 0 Å². The van der Waals surface area contributed by atoms with E-state index in [1.54, 1.807) is 0 Å². The molecule has 0 saturated heterocycles. The van der Waals surface area contributed by atoms with Crippen molar-refractivity contribution < 1.29 is 0 Å². The lowest BCUT2D eigenvalue weighted by molar-refractivity contribution is 0.555. The van der Waals surface area contributed by atoms with Gasteiger partial charge in [0, 0.05) is 16.8 Å². The summed E-state index contributed by atoms with van der Waals surface area (Å²) >= 11 is 1.87. The minimum absolute atomic E-state index is 0.158. The van der Waals surface area contributed by atoms with Gasteiger partial charge in [-0.2, -0.15) is 0 Å². The smallest absolute Gasteiger partial charge is 0.0929 e. The van der Waals surface area contributed by atoms with Crippen molar-refractivity contribution in [3.05, 3.63) is 15.6 Å². The summed E-state index contributed by atoms with van der Waals surface area (Å²) in [6.45, 7) is 13.2. The average molecular weight is 254 g/mol. The molecule has 0 aliphatic carbocycles. The molecule has 0 amide bonds. The van der Waals surface area contributed by atoms with Crippen molar-refractivity contribution in [3.8, 4) is 0 Å². The number of hydrogen-bond acceptors (Lipinski definition) is 3. The van der Waals surface area contributed by atoms with Gasteiger partial charge in [-0.3, -0.25) is 0 Å². The number of unbranched alkanes of at least 4 members (excludes halogenated alkanes) is 1. The Labute approximate surface area is 110 Å². The van der Waals surface area contributed by atoms with Gasteiger partial charge < -0.3 is 5.32 Å². The first kappa shape index (κ1) is 14.7. The first-order valence-electron chi connectivity index (χ1n) is 6.68. The van der Waals surface area contributed by atoms with Crippen LogP contribution in [0.4, 0.5) is 0 Å². The van der Waals surface area contributed by atoms with Crippen molar-refractivity contribution in [1.29, 1.82) is 0 Å². The van der Waals surface area contributed by atoms with Gasteiger partial charge in [0.05, 0.1) is 10.7 Å². The number of aromatic nitrogens is 1. The minimum Gasteiger partial charge on any atom is -0.312 e. The molecule has 0 unspecified atom stereocenters. The fourth-order valence-corrected chi connectivity index (χ4v) is 2.95.